The summed E-state index contributed by atoms with van der Waals surface area (Å²) in [4.78, 5) is 14.3. The molecular formula is C21H24F2N2O2. The van der Waals surface area contributed by atoms with E-state index in [2.05, 4.69) is 22.3 Å². The fraction of sp³-hybridized carbons (Fsp3) is 0.381. The zero-order chi connectivity index (χ0) is 19.1. The van der Waals surface area contributed by atoms with Crippen molar-refractivity contribution in [1.82, 2.24) is 10.2 Å². The van der Waals surface area contributed by atoms with Crippen LogP contribution in [0.1, 0.15) is 34.9 Å². The number of nitrogens with zero attached hydrogens (tertiary/aromatic N) is 1. The molecule has 1 atom stereocenters. The van der Waals surface area contributed by atoms with Gasteiger partial charge in [0.25, 0.3) is 5.91 Å². The summed E-state index contributed by atoms with van der Waals surface area (Å²) in [6.45, 7) is 3.71. The number of hydrogen-bond donors (Lipinski definition) is 1. The lowest BCUT2D eigenvalue weighted by Crippen LogP contribution is -2.39. The van der Waals surface area contributed by atoms with Gasteiger partial charge in [-0.3, -0.25) is 9.69 Å². The first kappa shape index (κ1) is 19.5. The summed E-state index contributed by atoms with van der Waals surface area (Å²) in [5, 5.41) is 2.59. The van der Waals surface area contributed by atoms with Gasteiger partial charge in [0.05, 0.1) is 12.7 Å². The Morgan fingerprint density at radius 2 is 1.81 bits per heavy atom. The normalized spacial score (nSPS) is 17.6. The zero-order valence-electron chi connectivity index (χ0n) is 15.2. The van der Waals surface area contributed by atoms with Gasteiger partial charge in [-0.25, -0.2) is 8.78 Å². The lowest BCUT2D eigenvalue weighted by Gasteiger charge is -2.33. The molecular weight excluding hydrogens is 350 g/mol. The Balaban J connectivity index is 1.38. The summed E-state index contributed by atoms with van der Waals surface area (Å²) in [5.41, 5.74) is 0.665. The molecule has 0 aromatic heterocycles. The van der Waals surface area contributed by atoms with Gasteiger partial charge < -0.3 is 10.1 Å². The van der Waals surface area contributed by atoms with Crippen LogP contribution in [-0.2, 0) is 4.74 Å². The van der Waals surface area contributed by atoms with Gasteiger partial charge in [-0.05, 0) is 37.1 Å². The van der Waals surface area contributed by atoms with E-state index >= 15 is 0 Å². The monoisotopic (exact) mass is 374 g/mol. The van der Waals surface area contributed by atoms with Gasteiger partial charge in [0, 0.05) is 19.6 Å². The number of carbonyl (C=O) groups excluding carboxylic acids is 1. The van der Waals surface area contributed by atoms with Crippen molar-refractivity contribution in [2.45, 2.75) is 18.9 Å². The molecule has 1 N–H and O–H groups in total. The first-order valence-corrected chi connectivity index (χ1v) is 9.26. The van der Waals surface area contributed by atoms with Crippen molar-refractivity contribution in [3.05, 3.63) is 71.3 Å². The van der Waals surface area contributed by atoms with Gasteiger partial charge in [0.15, 0.2) is 0 Å². The molecule has 0 spiro atoms. The standard InChI is InChI=1S/C21H24F2N2O2/c22-17-9-6-10-18(23)20(17)21(26)24-11-4-5-12-25-13-14-27-19(15-25)16-7-2-1-3-8-16/h1-3,6-10,19H,4-5,11-15H2,(H,24,26). The highest BCUT2D eigenvalue weighted by Crippen LogP contribution is 2.22. The van der Waals surface area contributed by atoms with Gasteiger partial charge in [-0.1, -0.05) is 36.4 Å². The first-order chi connectivity index (χ1) is 13.1. The van der Waals surface area contributed by atoms with Crippen LogP contribution in [-0.4, -0.2) is 43.6 Å². The molecule has 0 bridgehead atoms. The molecule has 0 radical (unpaired) electrons. The molecule has 1 aliphatic rings. The number of ether oxygens (including phenoxy) is 1. The van der Waals surface area contributed by atoms with Crippen LogP contribution in [0.2, 0.25) is 0 Å². The number of benzene rings is 2. The largest absolute Gasteiger partial charge is 0.371 e. The number of carbonyl (C=O) groups is 1. The molecule has 6 heteroatoms. The fourth-order valence-corrected chi connectivity index (χ4v) is 3.24. The van der Waals surface area contributed by atoms with Crippen molar-refractivity contribution in [3.8, 4) is 0 Å². The van der Waals surface area contributed by atoms with Crippen molar-refractivity contribution in [1.29, 1.82) is 0 Å². The Bertz CT molecular complexity index is 735. The van der Waals surface area contributed by atoms with E-state index in [0.29, 0.717) is 13.2 Å². The van der Waals surface area contributed by atoms with Crippen molar-refractivity contribution in [3.63, 3.8) is 0 Å². The molecule has 0 aliphatic carbocycles. The Morgan fingerprint density at radius 1 is 1.07 bits per heavy atom. The molecule has 144 valence electrons. The van der Waals surface area contributed by atoms with Crippen LogP contribution in [0.3, 0.4) is 0 Å². The number of hydrogen-bond acceptors (Lipinski definition) is 3. The predicted molar refractivity (Wildman–Crippen MR) is 99.5 cm³/mol. The summed E-state index contributed by atoms with van der Waals surface area (Å²) < 4.78 is 33.0. The van der Waals surface area contributed by atoms with Gasteiger partial charge in [-0.15, -0.1) is 0 Å². The summed E-state index contributed by atoms with van der Waals surface area (Å²) >= 11 is 0. The summed E-state index contributed by atoms with van der Waals surface area (Å²) in [6, 6.07) is 13.6. The summed E-state index contributed by atoms with van der Waals surface area (Å²) in [7, 11) is 0. The molecule has 2 aromatic carbocycles. The zero-order valence-corrected chi connectivity index (χ0v) is 15.2. The minimum atomic E-state index is -0.840. The van der Waals surface area contributed by atoms with E-state index in [4.69, 9.17) is 4.74 Å². The number of unbranched alkanes of at least 4 members (excludes halogenated alkanes) is 1. The van der Waals surface area contributed by atoms with E-state index in [1.807, 2.05) is 18.2 Å². The molecule has 1 fully saturated rings. The third-order valence-corrected chi connectivity index (χ3v) is 4.70. The molecule has 2 aromatic rings. The highest BCUT2D eigenvalue weighted by atomic mass is 19.1. The average molecular weight is 374 g/mol. The van der Waals surface area contributed by atoms with Gasteiger partial charge in [0.2, 0.25) is 0 Å². The van der Waals surface area contributed by atoms with Gasteiger partial charge in [0.1, 0.15) is 17.2 Å². The van der Waals surface area contributed by atoms with Crippen LogP contribution in [0.25, 0.3) is 0 Å². The number of amides is 1. The van der Waals surface area contributed by atoms with Gasteiger partial charge in [-0.2, -0.15) is 0 Å². The Kier molecular flexibility index (Phi) is 6.90. The number of morpholine rings is 1. The van der Waals surface area contributed by atoms with E-state index in [9.17, 15) is 13.6 Å². The highest BCUT2D eigenvalue weighted by Gasteiger charge is 2.21. The van der Waals surface area contributed by atoms with Crippen LogP contribution >= 0.6 is 0 Å². The average Bonchev–Trinajstić information content (AvgIpc) is 2.68. The van der Waals surface area contributed by atoms with E-state index in [1.54, 1.807) is 0 Å². The van der Waals surface area contributed by atoms with Crippen molar-refractivity contribution in [2.24, 2.45) is 0 Å². The third-order valence-electron chi connectivity index (χ3n) is 4.70. The Hall–Kier alpha value is -2.31. The minimum Gasteiger partial charge on any atom is -0.371 e. The molecule has 27 heavy (non-hydrogen) atoms. The molecule has 1 amide bonds. The quantitative estimate of drug-likeness (QED) is 0.754. The molecule has 0 saturated carbocycles. The number of halogens is 2. The van der Waals surface area contributed by atoms with Crippen molar-refractivity contribution in [2.75, 3.05) is 32.8 Å². The maximum atomic E-state index is 13.6. The number of rotatable bonds is 7. The van der Waals surface area contributed by atoms with Crippen LogP contribution < -0.4 is 5.32 Å². The fourth-order valence-electron chi connectivity index (χ4n) is 3.24. The SMILES string of the molecule is O=C(NCCCCN1CCOC(c2ccccc2)C1)c1c(F)cccc1F. The smallest absolute Gasteiger partial charge is 0.257 e. The Labute approximate surface area is 158 Å². The van der Waals surface area contributed by atoms with E-state index < -0.39 is 23.1 Å². The highest BCUT2D eigenvalue weighted by molar-refractivity contribution is 5.94. The third kappa shape index (κ3) is 5.34. The van der Waals surface area contributed by atoms with E-state index in [0.717, 1.165) is 44.6 Å². The van der Waals surface area contributed by atoms with Crippen LogP contribution in [0, 0.1) is 11.6 Å². The van der Waals surface area contributed by atoms with Crippen LogP contribution in [0.15, 0.2) is 48.5 Å². The van der Waals surface area contributed by atoms with Crippen molar-refractivity contribution < 1.29 is 18.3 Å². The number of nitrogens with one attached hydrogen (secondary N) is 1. The minimum absolute atomic E-state index is 0.0867. The van der Waals surface area contributed by atoms with Gasteiger partial charge >= 0.3 is 0 Å². The van der Waals surface area contributed by atoms with E-state index in [1.165, 1.54) is 11.6 Å². The Morgan fingerprint density at radius 3 is 2.56 bits per heavy atom. The summed E-state index contributed by atoms with van der Waals surface area (Å²) in [5.74, 6) is -2.39. The lowest BCUT2D eigenvalue weighted by atomic mass is 10.1. The molecule has 1 heterocycles. The van der Waals surface area contributed by atoms with E-state index in [-0.39, 0.29) is 6.10 Å². The molecule has 1 saturated heterocycles. The molecule has 3 rings (SSSR count). The second kappa shape index (κ2) is 9.58. The maximum Gasteiger partial charge on any atom is 0.257 e. The second-order valence-corrected chi connectivity index (χ2v) is 6.63. The second-order valence-electron chi connectivity index (χ2n) is 6.63. The summed E-state index contributed by atoms with van der Waals surface area (Å²) in [6.07, 6.45) is 1.72. The molecule has 1 unspecified atom stereocenters. The molecule has 1 aliphatic heterocycles. The topological polar surface area (TPSA) is 41.6 Å². The first-order valence-electron chi connectivity index (χ1n) is 9.26. The van der Waals surface area contributed by atoms with Crippen LogP contribution in [0.4, 0.5) is 8.78 Å². The predicted octanol–water partition coefficient (Wildman–Crippen LogP) is 3.55. The molecule has 4 nitrogen and oxygen atoms in total. The van der Waals surface area contributed by atoms with Crippen molar-refractivity contribution >= 4 is 5.91 Å². The maximum absolute atomic E-state index is 13.6. The van der Waals surface area contributed by atoms with Crippen LogP contribution in [0.5, 0.6) is 0 Å². The lowest BCUT2D eigenvalue weighted by molar-refractivity contribution is -0.0303.